The van der Waals surface area contributed by atoms with Crippen LogP contribution >= 0.6 is 0 Å². The molecule has 2 amide bonds. The molecular weight excluding hydrogens is 294 g/mol. The number of urea groups is 1. The summed E-state index contributed by atoms with van der Waals surface area (Å²) < 4.78 is 7.40. The topological polar surface area (TPSA) is 81.1 Å². The van der Waals surface area contributed by atoms with Gasteiger partial charge in [-0.2, -0.15) is 5.10 Å². The monoisotopic (exact) mass is 313 g/mol. The second kappa shape index (κ2) is 5.66. The average Bonchev–Trinajstić information content (AvgIpc) is 3.24. The van der Waals surface area contributed by atoms with Gasteiger partial charge < -0.3 is 15.4 Å². The number of fused-ring (bicyclic) bond motifs is 2. The number of aryl methyl sites for hydroxylation is 1. The number of anilines is 1. The summed E-state index contributed by atoms with van der Waals surface area (Å²) in [5.74, 6) is 0.637. The van der Waals surface area contributed by atoms with Crippen LogP contribution in [-0.4, -0.2) is 39.0 Å². The number of nitrogens with one attached hydrogen (secondary N) is 2. The van der Waals surface area contributed by atoms with Crippen LogP contribution in [0.25, 0.3) is 11.4 Å². The van der Waals surface area contributed by atoms with E-state index in [4.69, 9.17) is 4.74 Å². The number of ether oxygens (including phenoxy) is 1. The molecule has 0 aliphatic carbocycles. The molecule has 0 unspecified atom stereocenters. The first kappa shape index (κ1) is 14.2. The van der Waals surface area contributed by atoms with Gasteiger partial charge >= 0.3 is 6.03 Å². The highest BCUT2D eigenvalue weighted by Gasteiger charge is 2.41. The van der Waals surface area contributed by atoms with E-state index < -0.39 is 0 Å². The Morgan fingerprint density at radius 1 is 1.39 bits per heavy atom. The first-order valence-electron chi connectivity index (χ1n) is 7.86. The molecular formula is C16H19N5O2. The minimum atomic E-state index is -0.197. The van der Waals surface area contributed by atoms with Gasteiger partial charge in [-0.3, -0.25) is 4.68 Å². The zero-order valence-corrected chi connectivity index (χ0v) is 12.9. The lowest BCUT2D eigenvalue weighted by Gasteiger charge is -2.20. The number of nitrogens with zero attached hydrogens (tertiary/aromatic N) is 3. The number of hydrogen-bond acceptors (Lipinski definition) is 4. The summed E-state index contributed by atoms with van der Waals surface area (Å²) in [5, 5.41) is 10.2. The van der Waals surface area contributed by atoms with E-state index in [0.29, 0.717) is 11.9 Å². The first-order chi connectivity index (χ1) is 11.2. The SMILES string of the molecule is Cn1cnc(-c2cccc(NC(=O)N[C@@H]3C[C@H]4CC[C@H]3O4)c2)n1. The third-order valence-corrected chi connectivity index (χ3v) is 4.40. The fraction of sp³-hybridized carbons (Fsp3) is 0.438. The van der Waals surface area contributed by atoms with Crippen molar-refractivity contribution in [1.82, 2.24) is 20.1 Å². The predicted octanol–water partition coefficient (Wildman–Crippen LogP) is 1.92. The lowest BCUT2D eigenvalue weighted by Crippen LogP contribution is -2.43. The van der Waals surface area contributed by atoms with Gasteiger partial charge in [0.1, 0.15) is 6.33 Å². The molecule has 23 heavy (non-hydrogen) atoms. The van der Waals surface area contributed by atoms with E-state index in [2.05, 4.69) is 20.7 Å². The van der Waals surface area contributed by atoms with Gasteiger partial charge in [-0.25, -0.2) is 9.78 Å². The predicted molar refractivity (Wildman–Crippen MR) is 84.9 cm³/mol. The third-order valence-electron chi connectivity index (χ3n) is 4.40. The summed E-state index contributed by atoms with van der Waals surface area (Å²) in [6.07, 6.45) is 5.21. The zero-order valence-electron chi connectivity index (χ0n) is 12.9. The van der Waals surface area contributed by atoms with Gasteiger partial charge in [0.15, 0.2) is 5.82 Å². The molecule has 2 aliphatic rings. The van der Waals surface area contributed by atoms with Crippen molar-refractivity contribution < 1.29 is 9.53 Å². The highest BCUT2D eigenvalue weighted by atomic mass is 16.5. The van der Waals surface area contributed by atoms with E-state index >= 15 is 0 Å². The van der Waals surface area contributed by atoms with Crippen molar-refractivity contribution in [1.29, 1.82) is 0 Å². The van der Waals surface area contributed by atoms with Crippen LogP contribution in [-0.2, 0) is 11.8 Å². The Balaban J connectivity index is 1.41. The van der Waals surface area contributed by atoms with E-state index in [-0.39, 0.29) is 18.2 Å². The molecule has 7 heteroatoms. The van der Waals surface area contributed by atoms with Crippen LogP contribution in [0.4, 0.5) is 10.5 Å². The van der Waals surface area contributed by atoms with E-state index in [1.807, 2.05) is 31.3 Å². The van der Waals surface area contributed by atoms with E-state index in [0.717, 1.165) is 30.5 Å². The van der Waals surface area contributed by atoms with Gasteiger partial charge in [0, 0.05) is 18.3 Å². The molecule has 2 bridgehead atoms. The molecule has 2 saturated heterocycles. The molecule has 2 aromatic rings. The Kier molecular flexibility index (Phi) is 3.49. The van der Waals surface area contributed by atoms with Crippen molar-refractivity contribution in [3.8, 4) is 11.4 Å². The Morgan fingerprint density at radius 3 is 3.00 bits per heavy atom. The van der Waals surface area contributed by atoms with Crippen LogP contribution in [0.15, 0.2) is 30.6 Å². The number of benzene rings is 1. The van der Waals surface area contributed by atoms with Gasteiger partial charge in [-0.15, -0.1) is 0 Å². The van der Waals surface area contributed by atoms with Crippen molar-refractivity contribution in [3.63, 3.8) is 0 Å². The molecule has 120 valence electrons. The lowest BCUT2D eigenvalue weighted by atomic mass is 9.96. The van der Waals surface area contributed by atoms with Crippen molar-refractivity contribution in [2.45, 2.75) is 37.5 Å². The fourth-order valence-electron chi connectivity index (χ4n) is 3.33. The Labute approximate surface area is 134 Å². The summed E-state index contributed by atoms with van der Waals surface area (Å²) >= 11 is 0. The van der Waals surface area contributed by atoms with Crippen LogP contribution in [0.3, 0.4) is 0 Å². The number of aromatic nitrogens is 3. The maximum Gasteiger partial charge on any atom is 0.319 e. The van der Waals surface area contributed by atoms with Crippen molar-refractivity contribution >= 4 is 11.7 Å². The van der Waals surface area contributed by atoms with Crippen LogP contribution in [0, 0.1) is 0 Å². The number of amides is 2. The summed E-state index contributed by atoms with van der Waals surface area (Å²) in [5.41, 5.74) is 1.59. The average molecular weight is 313 g/mol. The van der Waals surface area contributed by atoms with Crippen LogP contribution in [0.5, 0.6) is 0 Å². The summed E-state index contributed by atoms with van der Waals surface area (Å²) in [4.78, 5) is 16.4. The molecule has 0 saturated carbocycles. The molecule has 3 heterocycles. The summed E-state index contributed by atoms with van der Waals surface area (Å²) in [6, 6.07) is 7.44. The molecule has 4 rings (SSSR count). The third kappa shape index (κ3) is 2.92. The van der Waals surface area contributed by atoms with Crippen molar-refractivity contribution in [3.05, 3.63) is 30.6 Å². The Hall–Kier alpha value is -2.41. The van der Waals surface area contributed by atoms with E-state index in [1.54, 1.807) is 11.0 Å². The summed E-state index contributed by atoms with van der Waals surface area (Å²) in [6.45, 7) is 0. The van der Waals surface area contributed by atoms with Gasteiger partial charge in [-0.1, -0.05) is 12.1 Å². The second-order valence-corrected chi connectivity index (χ2v) is 6.14. The first-order valence-corrected chi connectivity index (χ1v) is 7.86. The molecule has 7 nitrogen and oxygen atoms in total. The van der Waals surface area contributed by atoms with Gasteiger partial charge in [-0.05, 0) is 31.4 Å². The standard InChI is InChI=1S/C16H19N5O2/c1-21-9-17-15(20-21)10-3-2-4-11(7-10)18-16(22)19-13-8-12-5-6-14(13)23-12/h2-4,7,9,12-14H,5-6,8H2,1H3,(H2,18,19,22)/t12-,13-,14-/m1/s1. The largest absolute Gasteiger partial charge is 0.373 e. The smallest absolute Gasteiger partial charge is 0.319 e. The fourth-order valence-corrected chi connectivity index (χ4v) is 3.33. The van der Waals surface area contributed by atoms with E-state index in [9.17, 15) is 4.79 Å². The van der Waals surface area contributed by atoms with Crippen LogP contribution in [0.2, 0.25) is 0 Å². The molecule has 0 radical (unpaired) electrons. The second-order valence-electron chi connectivity index (χ2n) is 6.14. The Bertz CT molecular complexity index is 729. The van der Waals surface area contributed by atoms with Crippen molar-refractivity contribution in [2.24, 2.45) is 7.05 Å². The van der Waals surface area contributed by atoms with Crippen LogP contribution in [0.1, 0.15) is 19.3 Å². The summed E-state index contributed by atoms with van der Waals surface area (Å²) in [7, 11) is 1.82. The minimum Gasteiger partial charge on any atom is -0.373 e. The highest BCUT2D eigenvalue weighted by molar-refractivity contribution is 5.90. The van der Waals surface area contributed by atoms with Crippen LogP contribution < -0.4 is 10.6 Å². The molecule has 2 fully saturated rings. The zero-order chi connectivity index (χ0) is 15.8. The number of hydrogen-bond donors (Lipinski definition) is 2. The maximum absolute atomic E-state index is 12.2. The molecule has 3 atom stereocenters. The number of carbonyl (C=O) groups excluding carboxylic acids is 1. The molecule has 1 aromatic carbocycles. The number of carbonyl (C=O) groups is 1. The Morgan fingerprint density at radius 2 is 2.30 bits per heavy atom. The van der Waals surface area contributed by atoms with E-state index in [1.165, 1.54) is 0 Å². The quantitative estimate of drug-likeness (QED) is 0.907. The van der Waals surface area contributed by atoms with Crippen molar-refractivity contribution in [2.75, 3.05) is 5.32 Å². The molecule has 2 N–H and O–H groups in total. The minimum absolute atomic E-state index is 0.120. The van der Waals surface area contributed by atoms with Gasteiger partial charge in [0.2, 0.25) is 0 Å². The van der Waals surface area contributed by atoms with Gasteiger partial charge in [0.25, 0.3) is 0 Å². The lowest BCUT2D eigenvalue weighted by molar-refractivity contribution is 0.0984. The normalized spacial score (nSPS) is 25.5. The highest BCUT2D eigenvalue weighted by Crippen LogP contribution is 2.34. The maximum atomic E-state index is 12.2. The molecule has 1 aromatic heterocycles. The molecule has 2 aliphatic heterocycles. The number of rotatable bonds is 3. The molecule has 0 spiro atoms. The van der Waals surface area contributed by atoms with Gasteiger partial charge in [0.05, 0.1) is 18.2 Å².